The van der Waals surface area contributed by atoms with Crippen molar-refractivity contribution in [3.05, 3.63) is 29.8 Å². The van der Waals surface area contributed by atoms with Crippen molar-refractivity contribution in [2.75, 3.05) is 13.1 Å². The minimum Gasteiger partial charge on any atom is -0.337 e. The molecule has 2 heterocycles. The maximum atomic E-state index is 13.4. The first-order valence-corrected chi connectivity index (χ1v) is 5.58. The van der Waals surface area contributed by atoms with Crippen LogP contribution in [0.5, 0.6) is 0 Å². The van der Waals surface area contributed by atoms with E-state index < -0.39 is 5.82 Å². The molecule has 1 aromatic heterocycles. The molecule has 4 heteroatoms. The maximum Gasteiger partial charge on any atom is 0.275 e. The third-order valence-electron chi connectivity index (χ3n) is 3.03. The predicted octanol–water partition coefficient (Wildman–Crippen LogP) is 2.09. The molecule has 0 radical (unpaired) electrons. The fraction of sp³-hybridized carbons (Fsp3) is 0.500. The van der Waals surface area contributed by atoms with Gasteiger partial charge in [-0.05, 0) is 30.9 Å². The Bertz CT molecular complexity index is 386. The molecule has 1 aliphatic rings. The van der Waals surface area contributed by atoms with Gasteiger partial charge in [0, 0.05) is 19.3 Å². The average molecular weight is 222 g/mol. The largest absolute Gasteiger partial charge is 0.337 e. The normalized spacial score (nSPS) is 17.5. The highest BCUT2D eigenvalue weighted by atomic mass is 19.1. The summed E-state index contributed by atoms with van der Waals surface area (Å²) >= 11 is 0. The smallest absolute Gasteiger partial charge is 0.275 e. The van der Waals surface area contributed by atoms with Crippen molar-refractivity contribution in [1.29, 1.82) is 0 Å². The summed E-state index contributed by atoms with van der Waals surface area (Å²) in [5, 5.41) is 0. The molecular formula is C12H15FN2O. The predicted molar refractivity (Wildman–Crippen MR) is 58.5 cm³/mol. The summed E-state index contributed by atoms with van der Waals surface area (Å²) < 4.78 is 13.4. The molecule has 1 saturated heterocycles. The average Bonchev–Trinajstić information content (AvgIpc) is 2.30. The molecule has 0 atom stereocenters. The highest BCUT2D eigenvalue weighted by Gasteiger charge is 2.24. The van der Waals surface area contributed by atoms with Crippen molar-refractivity contribution >= 4 is 5.91 Å². The van der Waals surface area contributed by atoms with Crippen LogP contribution in [0.25, 0.3) is 0 Å². The number of piperidine rings is 1. The van der Waals surface area contributed by atoms with Crippen LogP contribution in [0.2, 0.25) is 0 Å². The number of carbonyl (C=O) groups is 1. The minimum atomic E-state index is -0.536. The van der Waals surface area contributed by atoms with Crippen LogP contribution in [0.4, 0.5) is 4.39 Å². The summed E-state index contributed by atoms with van der Waals surface area (Å²) in [6.07, 6.45) is 3.42. The highest BCUT2D eigenvalue weighted by molar-refractivity contribution is 5.92. The maximum absolute atomic E-state index is 13.4. The van der Waals surface area contributed by atoms with Crippen LogP contribution in [-0.2, 0) is 0 Å². The molecule has 3 nitrogen and oxygen atoms in total. The van der Waals surface area contributed by atoms with Gasteiger partial charge in [-0.15, -0.1) is 0 Å². The van der Waals surface area contributed by atoms with E-state index in [1.54, 1.807) is 4.90 Å². The van der Waals surface area contributed by atoms with Gasteiger partial charge in [-0.1, -0.05) is 6.92 Å². The van der Waals surface area contributed by atoms with Gasteiger partial charge in [-0.3, -0.25) is 4.79 Å². The summed E-state index contributed by atoms with van der Waals surface area (Å²) in [5.41, 5.74) is -0.0583. The minimum absolute atomic E-state index is 0.0583. The van der Waals surface area contributed by atoms with Gasteiger partial charge in [0.15, 0.2) is 11.5 Å². The van der Waals surface area contributed by atoms with Crippen LogP contribution in [0, 0.1) is 11.7 Å². The lowest BCUT2D eigenvalue weighted by Gasteiger charge is -2.30. The number of pyridine rings is 1. The Hall–Kier alpha value is -1.45. The Balaban J connectivity index is 2.11. The molecule has 1 fully saturated rings. The van der Waals surface area contributed by atoms with Crippen molar-refractivity contribution in [2.24, 2.45) is 5.92 Å². The van der Waals surface area contributed by atoms with E-state index in [1.165, 1.54) is 18.3 Å². The molecule has 1 aliphatic heterocycles. The van der Waals surface area contributed by atoms with E-state index >= 15 is 0 Å². The summed E-state index contributed by atoms with van der Waals surface area (Å²) in [6, 6.07) is 2.76. The summed E-state index contributed by atoms with van der Waals surface area (Å²) in [5.74, 6) is -0.172. The fourth-order valence-corrected chi connectivity index (χ4v) is 1.90. The van der Waals surface area contributed by atoms with Crippen molar-refractivity contribution in [2.45, 2.75) is 19.8 Å². The zero-order chi connectivity index (χ0) is 11.5. The van der Waals surface area contributed by atoms with Crippen molar-refractivity contribution in [3.8, 4) is 0 Å². The number of aromatic nitrogens is 1. The topological polar surface area (TPSA) is 33.2 Å². The van der Waals surface area contributed by atoms with E-state index in [2.05, 4.69) is 11.9 Å². The lowest BCUT2D eigenvalue weighted by atomic mass is 9.99. The summed E-state index contributed by atoms with van der Waals surface area (Å²) in [7, 11) is 0. The first-order valence-electron chi connectivity index (χ1n) is 5.58. The number of hydrogen-bond donors (Lipinski definition) is 0. The Morgan fingerprint density at radius 2 is 2.19 bits per heavy atom. The highest BCUT2D eigenvalue weighted by Crippen LogP contribution is 2.18. The zero-order valence-electron chi connectivity index (χ0n) is 9.32. The first kappa shape index (κ1) is 11.0. The second-order valence-electron chi connectivity index (χ2n) is 4.31. The van der Waals surface area contributed by atoms with Crippen molar-refractivity contribution < 1.29 is 9.18 Å². The summed E-state index contributed by atoms with van der Waals surface area (Å²) in [6.45, 7) is 3.58. The third-order valence-corrected chi connectivity index (χ3v) is 3.03. The molecule has 2 rings (SSSR count). The molecular weight excluding hydrogens is 207 g/mol. The SMILES string of the molecule is CC1CCN(C(=O)c2ncccc2F)CC1. The zero-order valence-corrected chi connectivity index (χ0v) is 9.32. The van der Waals surface area contributed by atoms with Crippen LogP contribution >= 0.6 is 0 Å². The van der Waals surface area contributed by atoms with Crippen molar-refractivity contribution in [3.63, 3.8) is 0 Å². The van der Waals surface area contributed by atoms with E-state index in [0.29, 0.717) is 19.0 Å². The molecule has 1 aromatic rings. The number of likely N-dealkylation sites (tertiary alicyclic amines) is 1. The van der Waals surface area contributed by atoms with Gasteiger partial charge in [0.25, 0.3) is 5.91 Å². The van der Waals surface area contributed by atoms with Crippen LogP contribution in [-0.4, -0.2) is 28.9 Å². The monoisotopic (exact) mass is 222 g/mol. The van der Waals surface area contributed by atoms with Gasteiger partial charge in [0.05, 0.1) is 0 Å². The van der Waals surface area contributed by atoms with Crippen molar-refractivity contribution in [1.82, 2.24) is 9.88 Å². The quantitative estimate of drug-likeness (QED) is 0.729. The lowest BCUT2D eigenvalue weighted by molar-refractivity contribution is 0.0686. The summed E-state index contributed by atoms with van der Waals surface area (Å²) in [4.78, 5) is 17.4. The Morgan fingerprint density at radius 1 is 1.50 bits per heavy atom. The number of amides is 1. The molecule has 86 valence electrons. The fourth-order valence-electron chi connectivity index (χ4n) is 1.90. The van der Waals surface area contributed by atoms with Gasteiger partial charge < -0.3 is 4.90 Å². The van der Waals surface area contributed by atoms with Gasteiger partial charge in [-0.2, -0.15) is 0 Å². The molecule has 0 aromatic carbocycles. The Morgan fingerprint density at radius 3 is 2.81 bits per heavy atom. The molecule has 16 heavy (non-hydrogen) atoms. The van der Waals surface area contributed by atoms with Crippen LogP contribution in [0.3, 0.4) is 0 Å². The van der Waals surface area contributed by atoms with E-state index in [0.717, 1.165) is 12.8 Å². The van der Waals surface area contributed by atoms with Crippen LogP contribution in [0.1, 0.15) is 30.3 Å². The standard InChI is InChI=1S/C12H15FN2O/c1-9-4-7-15(8-5-9)12(16)11-10(13)3-2-6-14-11/h2-3,6,9H,4-5,7-8H2,1H3. The van der Waals surface area contributed by atoms with Crippen LogP contribution in [0.15, 0.2) is 18.3 Å². The second-order valence-corrected chi connectivity index (χ2v) is 4.31. The third kappa shape index (κ3) is 2.21. The second kappa shape index (κ2) is 4.60. The molecule has 0 saturated carbocycles. The molecule has 1 amide bonds. The molecule has 0 bridgehead atoms. The van der Waals surface area contributed by atoms with Gasteiger partial charge in [0.1, 0.15) is 0 Å². The number of carbonyl (C=O) groups excluding carboxylic acids is 1. The van der Waals surface area contributed by atoms with E-state index in [1.807, 2.05) is 0 Å². The number of nitrogens with zero attached hydrogens (tertiary/aromatic N) is 2. The Kier molecular flexibility index (Phi) is 3.17. The van der Waals surface area contributed by atoms with Crippen LogP contribution < -0.4 is 0 Å². The molecule has 0 N–H and O–H groups in total. The molecule has 0 spiro atoms. The molecule has 0 aliphatic carbocycles. The number of rotatable bonds is 1. The Labute approximate surface area is 94.3 Å². The van der Waals surface area contributed by atoms with E-state index in [4.69, 9.17) is 0 Å². The van der Waals surface area contributed by atoms with Gasteiger partial charge in [0.2, 0.25) is 0 Å². The lowest BCUT2D eigenvalue weighted by Crippen LogP contribution is -2.38. The van der Waals surface area contributed by atoms with Gasteiger partial charge in [-0.25, -0.2) is 9.37 Å². The molecule has 0 unspecified atom stereocenters. The van der Waals surface area contributed by atoms with Gasteiger partial charge >= 0.3 is 0 Å². The number of halogens is 1. The van der Waals surface area contributed by atoms with E-state index in [9.17, 15) is 9.18 Å². The van der Waals surface area contributed by atoms with E-state index in [-0.39, 0.29) is 11.6 Å². The first-order chi connectivity index (χ1) is 7.68. The number of hydrogen-bond acceptors (Lipinski definition) is 2.